The molecule has 1 N–H and O–H groups in total. The Bertz CT molecular complexity index is 718. The van der Waals surface area contributed by atoms with E-state index in [4.69, 9.17) is 9.47 Å². The quantitative estimate of drug-likeness (QED) is 0.692. The lowest BCUT2D eigenvalue weighted by atomic mass is 10.2. The van der Waals surface area contributed by atoms with E-state index in [0.29, 0.717) is 30.3 Å². The fourth-order valence-corrected chi connectivity index (χ4v) is 2.17. The van der Waals surface area contributed by atoms with Crippen molar-refractivity contribution < 1.29 is 14.4 Å². The fourth-order valence-electron chi connectivity index (χ4n) is 2.17. The fraction of sp³-hybridized carbons (Fsp3) is 0.267. The number of hydrogen-bond donors (Lipinski definition) is 1. The van der Waals surface area contributed by atoms with Gasteiger partial charge in [0, 0.05) is 24.2 Å². The van der Waals surface area contributed by atoms with Crippen LogP contribution in [0.3, 0.4) is 0 Å². The van der Waals surface area contributed by atoms with Gasteiger partial charge in [0.2, 0.25) is 0 Å². The zero-order valence-corrected chi connectivity index (χ0v) is 12.0. The number of nitrogens with zero attached hydrogens (tertiary/aromatic N) is 2. The number of ether oxygens (including phenoxy) is 2. The third-order valence-corrected chi connectivity index (χ3v) is 3.28. The lowest BCUT2D eigenvalue weighted by Crippen LogP contribution is -1.99. The first-order valence-corrected chi connectivity index (χ1v) is 6.91. The smallest absolute Gasteiger partial charge is 0.287 e. The summed E-state index contributed by atoms with van der Waals surface area (Å²) in [7, 11) is 0. The van der Waals surface area contributed by atoms with Gasteiger partial charge in [-0.3, -0.25) is 10.1 Å². The van der Waals surface area contributed by atoms with Gasteiger partial charge in [-0.15, -0.1) is 0 Å². The van der Waals surface area contributed by atoms with Gasteiger partial charge in [-0.25, -0.2) is 4.98 Å². The van der Waals surface area contributed by atoms with E-state index in [1.165, 1.54) is 12.3 Å². The molecular weight excluding hydrogens is 286 g/mol. The molecule has 0 unspecified atom stereocenters. The predicted molar refractivity (Wildman–Crippen MR) is 81.0 cm³/mol. The Balaban J connectivity index is 1.84. The average molecular weight is 301 g/mol. The van der Waals surface area contributed by atoms with Crippen molar-refractivity contribution in [1.82, 2.24) is 4.98 Å². The summed E-state index contributed by atoms with van der Waals surface area (Å²) in [5.41, 5.74) is 1.46. The standard InChI is InChI=1S/C15H15N3O4/c1-10-7-12(18(19)20)9-16-15(10)17-11-3-4-13-14(8-11)22-6-2-5-21-13/h3-4,7-9H,2,5-6H2,1H3,(H,16,17). The minimum absolute atomic E-state index is 0.0262. The maximum Gasteiger partial charge on any atom is 0.287 e. The van der Waals surface area contributed by atoms with Crippen LogP contribution in [-0.2, 0) is 0 Å². The van der Waals surface area contributed by atoms with Gasteiger partial charge in [0.25, 0.3) is 5.69 Å². The number of anilines is 2. The van der Waals surface area contributed by atoms with E-state index in [9.17, 15) is 10.1 Å². The molecule has 22 heavy (non-hydrogen) atoms. The molecule has 114 valence electrons. The second-order valence-electron chi connectivity index (χ2n) is 4.95. The predicted octanol–water partition coefficient (Wildman–Crippen LogP) is 3.20. The van der Waals surface area contributed by atoms with Crippen LogP contribution in [0.5, 0.6) is 11.5 Å². The molecule has 0 bridgehead atoms. The van der Waals surface area contributed by atoms with Crippen molar-refractivity contribution in [3.8, 4) is 11.5 Å². The van der Waals surface area contributed by atoms with Crippen LogP contribution in [0, 0.1) is 17.0 Å². The van der Waals surface area contributed by atoms with E-state index in [-0.39, 0.29) is 5.69 Å². The lowest BCUT2D eigenvalue weighted by molar-refractivity contribution is -0.385. The summed E-state index contributed by atoms with van der Waals surface area (Å²) in [5.74, 6) is 1.97. The van der Waals surface area contributed by atoms with E-state index in [0.717, 1.165) is 17.9 Å². The second kappa shape index (κ2) is 5.88. The molecular formula is C15H15N3O4. The summed E-state index contributed by atoms with van der Waals surface area (Å²) in [6.07, 6.45) is 2.08. The van der Waals surface area contributed by atoms with Crippen LogP contribution >= 0.6 is 0 Å². The molecule has 2 aromatic rings. The molecule has 7 nitrogen and oxygen atoms in total. The molecule has 1 aliphatic rings. The maximum absolute atomic E-state index is 10.7. The summed E-state index contributed by atoms with van der Waals surface area (Å²) in [5, 5.41) is 13.9. The van der Waals surface area contributed by atoms with E-state index in [2.05, 4.69) is 10.3 Å². The molecule has 1 aromatic heterocycles. The maximum atomic E-state index is 10.7. The van der Waals surface area contributed by atoms with Crippen LogP contribution in [0.2, 0.25) is 0 Å². The van der Waals surface area contributed by atoms with Crippen LogP contribution in [0.1, 0.15) is 12.0 Å². The monoisotopic (exact) mass is 301 g/mol. The Morgan fingerprint density at radius 1 is 1.23 bits per heavy atom. The molecule has 2 heterocycles. The van der Waals surface area contributed by atoms with Gasteiger partial charge >= 0.3 is 0 Å². The average Bonchev–Trinajstić information content (AvgIpc) is 2.74. The van der Waals surface area contributed by atoms with Crippen molar-refractivity contribution in [3.05, 3.63) is 46.1 Å². The van der Waals surface area contributed by atoms with Crippen molar-refractivity contribution in [1.29, 1.82) is 0 Å². The summed E-state index contributed by atoms with van der Waals surface area (Å²) in [6.45, 7) is 3.03. The van der Waals surface area contributed by atoms with Crippen LogP contribution in [0.15, 0.2) is 30.5 Å². The Kier molecular flexibility index (Phi) is 3.78. The van der Waals surface area contributed by atoms with Crippen molar-refractivity contribution in [3.63, 3.8) is 0 Å². The number of nitrogens with one attached hydrogen (secondary N) is 1. The highest BCUT2D eigenvalue weighted by molar-refractivity contribution is 5.64. The number of aryl methyl sites for hydroxylation is 1. The molecule has 1 aliphatic heterocycles. The molecule has 0 spiro atoms. The summed E-state index contributed by atoms with van der Waals surface area (Å²) >= 11 is 0. The van der Waals surface area contributed by atoms with Crippen LogP contribution in [0.25, 0.3) is 0 Å². The number of fused-ring (bicyclic) bond motifs is 1. The minimum atomic E-state index is -0.461. The van der Waals surface area contributed by atoms with E-state index in [1.807, 2.05) is 18.2 Å². The first-order chi connectivity index (χ1) is 10.6. The van der Waals surface area contributed by atoms with Gasteiger partial charge in [0.05, 0.1) is 18.1 Å². The second-order valence-corrected chi connectivity index (χ2v) is 4.95. The third kappa shape index (κ3) is 2.93. The molecule has 0 saturated carbocycles. The van der Waals surface area contributed by atoms with Gasteiger partial charge in [-0.2, -0.15) is 0 Å². The van der Waals surface area contributed by atoms with Crippen molar-refractivity contribution in [2.45, 2.75) is 13.3 Å². The largest absolute Gasteiger partial charge is 0.490 e. The number of hydrogen-bond acceptors (Lipinski definition) is 6. The molecule has 1 aromatic carbocycles. The van der Waals surface area contributed by atoms with Crippen molar-refractivity contribution in [2.24, 2.45) is 0 Å². The van der Waals surface area contributed by atoms with Gasteiger partial charge in [-0.05, 0) is 24.6 Å². The van der Waals surface area contributed by atoms with Gasteiger partial charge < -0.3 is 14.8 Å². The van der Waals surface area contributed by atoms with E-state index < -0.39 is 4.92 Å². The van der Waals surface area contributed by atoms with Crippen molar-refractivity contribution in [2.75, 3.05) is 18.5 Å². The van der Waals surface area contributed by atoms with Gasteiger partial charge in [-0.1, -0.05) is 0 Å². The number of rotatable bonds is 3. The van der Waals surface area contributed by atoms with Gasteiger partial charge in [0.15, 0.2) is 11.5 Å². The van der Waals surface area contributed by atoms with Crippen LogP contribution in [0.4, 0.5) is 17.2 Å². The molecule has 7 heteroatoms. The summed E-state index contributed by atoms with van der Waals surface area (Å²) in [6, 6.07) is 7.02. The lowest BCUT2D eigenvalue weighted by Gasteiger charge is -2.11. The molecule has 0 radical (unpaired) electrons. The third-order valence-electron chi connectivity index (χ3n) is 3.28. The Hall–Kier alpha value is -2.83. The number of pyridine rings is 1. The topological polar surface area (TPSA) is 86.5 Å². The van der Waals surface area contributed by atoms with E-state index >= 15 is 0 Å². The Morgan fingerprint density at radius 2 is 2.00 bits per heavy atom. The SMILES string of the molecule is Cc1cc([N+](=O)[O-])cnc1Nc1ccc2c(c1)OCCCO2. The molecule has 0 saturated heterocycles. The first kappa shape index (κ1) is 14.1. The summed E-state index contributed by atoms with van der Waals surface area (Å²) < 4.78 is 11.2. The highest BCUT2D eigenvalue weighted by atomic mass is 16.6. The van der Waals surface area contributed by atoms with Crippen LogP contribution in [-0.4, -0.2) is 23.1 Å². The zero-order chi connectivity index (χ0) is 15.5. The summed E-state index contributed by atoms with van der Waals surface area (Å²) in [4.78, 5) is 14.4. The Labute approximate surface area is 127 Å². The normalized spacial score (nSPS) is 13.3. The first-order valence-electron chi connectivity index (χ1n) is 6.91. The highest BCUT2D eigenvalue weighted by Crippen LogP contribution is 2.33. The molecule has 0 aliphatic carbocycles. The minimum Gasteiger partial charge on any atom is -0.490 e. The van der Waals surface area contributed by atoms with E-state index in [1.54, 1.807) is 6.92 Å². The molecule has 0 atom stereocenters. The molecule has 3 rings (SSSR count). The van der Waals surface area contributed by atoms with Gasteiger partial charge in [0.1, 0.15) is 12.0 Å². The van der Waals surface area contributed by atoms with Crippen LogP contribution < -0.4 is 14.8 Å². The highest BCUT2D eigenvalue weighted by Gasteiger charge is 2.13. The number of aromatic nitrogens is 1. The molecule has 0 fully saturated rings. The molecule has 0 amide bonds. The zero-order valence-electron chi connectivity index (χ0n) is 12.0. The van der Waals surface area contributed by atoms with Crippen molar-refractivity contribution >= 4 is 17.2 Å². The number of nitro groups is 1. The number of benzene rings is 1. The Morgan fingerprint density at radius 3 is 2.73 bits per heavy atom.